The maximum absolute atomic E-state index is 12.3. The highest BCUT2D eigenvalue weighted by molar-refractivity contribution is 6.02. The number of nitrogens with one attached hydrogen (secondary N) is 2. The van der Waals surface area contributed by atoms with Crippen LogP contribution in [0.5, 0.6) is 5.75 Å². The zero-order valence-corrected chi connectivity index (χ0v) is 14.8. The largest absolute Gasteiger partial charge is 0.497 e. The van der Waals surface area contributed by atoms with Crippen molar-refractivity contribution in [1.82, 2.24) is 14.9 Å². The lowest BCUT2D eigenvalue weighted by Gasteiger charge is -2.26. The van der Waals surface area contributed by atoms with E-state index in [1.165, 1.54) is 6.20 Å². The van der Waals surface area contributed by atoms with Gasteiger partial charge >= 0.3 is 0 Å². The Kier molecular flexibility index (Phi) is 6.34. The molecule has 1 fully saturated rings. The Bertz CT molecular complexity index is 717. The van der Waals surface area contributed by atoms with Crippen LogP contribution in [0.3, 0.4) is 0 Å². The molecule has 138 valence electrons. The molecule has 26 heavy (non-hydrogen) atoms. The summed E-state index contributed by atoms with van der Waals surface area (Å²) in [6.07, 6.45) is 3.03. The van der Waals surface area contributed by atoms with Crippen molar-refractivity contribution in [2.75, 3.05) is 57.1 Å². The Labute approximate surface area is 152 Å². The Balaban J connectivity index is 1.49. The van der Waals surface area contributed by atoms with Gasteiger partial charge in [-0.2, -0.15) is 0 Å². The molecule has 0 bridgehead atoms. The van der Waals surface area contributed by atoms with Gasteiger partial charge in [0.25, 0.3) is 5.91 Å². The van der Waals surface area contributed by atoms with Gasteiger partial charge in [0, 0.05) is 37.9 Å². The molecule has 0 radical (unpaired) electrons. The SMILES string of the molecule is COc1cccc(NC(=O)c2cnc(NCCN3CCOCC3)cn2)c1. The lowest BCUT2D eigenvalue weighted by Crippen LogP contribution is -2.39. The van der Waals surface area contributed by atoms with Gasteiger partial charge in [-0.3, -0.25) is 9.69 Å². The van der Waals surface area contributed by atoms with Crippen LogP contribution in [-0.4, -0.2) is 67.3 Å². The number of hydrogen-bond acceptors (Lipinski definition) is 7. The van der Waals surface area contributed by atoms with Crippen molar-refractivity contribution in [2.24, 2.45) is 0 Å². The van der Waals surface area contributed by atoms with Crippen molar-refractivity contribution < 1.29 is 14.3 Å². The summed E-state index contributed by atoms with van der Waals surface area (Å²) in [7, 11) is 1.58. The van der Waals surface area contributed by atoms with E-state index in [-0.39, 0.29) is 11.6 Å². The lowest BCUT2D eigenvalue weighted by atomic mass is 10.3. The number of hydrogen-bond donors (Lipinski definition) is 2. The first-order chi connectivity index (χ1) is 12.7. The maximum atomic E-state index is 12.3. The molecule has 8 heteroatoms. The number of anilines is 2. The molecule has 1 aromatic heterocycles. The second-order valence-electron chi connectivity index (χ2n) is 5.85. The first kappa shape index (κ1) is 18.1. The lowest BCUT2D eigenvalue weighted by molar-refractivity contribution is 0.0398. The number of carbonyl (C=O) groups excluding carboxylic acids is 1. The van der Waals surface area contributed by atoms with Crippen LogP contribution in [0.4, 0.5) is 11.5 Å². The quantitative estimate of drug-likeness (QED) is 0.776. The summed E-state index contributed by atoms with van der Waals surface area (Å²) in [6.45, 7) is 5.18. The minimum Gasteiger partial charge on any atom is -0.497 e. The van der Waals surface area contributed by atoms with Gasteiger partial charge in [0.2, 0.25) is 0 Å². The standard InChI is InChI=1S/C18H23N5O3/c1-25-15-4-2-3-14(11-15)22-18(24)16-12-21-17(13-20-16)19-5-6-23-7-9-26-10-8-23/h2-4,11-13H,5-10H2,1H3,(H,19,21)(H,22,24). The van der Waals surface area contributed by atoms with Crippen LogP contribution in [0.25, 0.3) is 0 Å². The van der Waals surface area contributed by atoms with Crippen molar-refractivity contribution in [1.29, 1.82) is 0 Å². The number of morpholine rings is 1. The van der Waals surface area contributed by atoms with Crippen LogP contribution in [0.2, 0.25) is 0 Å². The number of nitrogens with zero attached hydrogens (tertiary/aromatic N) is 3. The summed E-state index contributed by atoms with van der Waals surface area (Å²) in [5.41, 5.74) is 0.899. The summed E-state index contributed by atoms with van der Waals surface area (Å²) < 4.78 is 10.5. The van der Waals surface area contributed by atoms with Crippen LogP contribution in [0.1, 0.15) is 10.5 Å². The molecule has 3 rings (SSSR count). The van der Waals surface area contributed by atoms with Crippen LogP contribution in [-0.2, 0) is 4.74 Å². The van der Waals surface area contributed by atoms with E-state index in [1.54, 1.807) is 25.4 Å². The normalized spacial score (nSPS) is 14.7. The molecule has 0 spiro atoms. The number of aromatic nitrogens is 2. The molecule has 2 heterocycles. The van der Waals surface area contributed by atoms with E-state index in [4.69, 9.17) is 9.47 Å². The number of amides is 1. The van der Waals surface area contributed by atoms with Gasteiger partial charge in [-0.25, -0.2) is 9.97 Å². The molecular formula is C18H23N5O3. The Hall–Kier alpha value is -2.71. The fourth-order valence-corrected chi connectivity index (χ4v) is 2.60. The fraction of sp³-hybridized carbons (Fsp3) is 0.389. The molecule has 1 amide bonds. The third-order valence-corrected chi connectivity index (χ3v) is 4.05. The minimum atomic E-state index is -0.314. The second-order valence-corrected chi connectivity index (χ2v) is 5.85. The molecule has 1 aliphatic rings. The van der Waals surface area contributed by atoms with E-state index in [9.17, 15) is 4.79 Å². The van der Waals surface area contributed by atoms with Crippen molar-refractivity contribution >= 4 is 17.4 Å². The molecule has 2 N–H and O–H groups in total. The Morgan fingerprint density at radius 3 is 2.85 bits per heavy atom. The van der Waals surface area contributed by atoms with E-state index in [1.807, 2.05) is 12.1 Å². The minimum absolute atomic E-state index is 0.256. The molecule has 1 aliphatic heterocycles. The first-order valence-corrected chi connectivity index (χ1v) is 8.56. The average molecular weight is 357 g/mol. The van der Waals surface area contributed by atoms with Crippen molar-refractivity contribution in [3.05, 3.63) is 42.4 Å². The molecule has 1 aromatic carbocycles. The number of carbonyl (C=O) groups is 1. The molecule has 0 atom stereocenters. The maximum Gasteiger partial charge on any atom is 0.275 e. The van der Waals surface area contributed by atoms with Gasteiger partial charge < -0.3 is 20.1 Å². The Morgan fingerprint density at radius 2 is 2.12 bits per heavy atom. The van der Waals surface area contributed by atoms with E-state index >= 15 is 0 Å². The van der Waals surface area contributed by atoms with Crippen molar-refractivity contribution in [2.45, 2.75) is 0 Å². The molecule has 1 saturated heterocycles. The van der Waals surface area contributed by atoms with E-state index < -0.39 is 0 Å². The zero-order chi connectivity index (χ0) is 18.2. The second kappa shape index (κ2) is 9.12. The van der Waals surface area contributed by atoms with Gasteiger partial charge in [-0.1, -0.05) is 6.07 Å². The predicted molar refractivity (Wildman–Crippen MR) is 98.7 cm³/mol. The molecule has 0 saturated carbocycles. The average Bonchev–Trinajstić information content (AvgIpc) is 2.69. The summed E-state index contributed by atoms with van der Waals surface area (Å²) in [5.74, 6) is 1.01. The third-order valence-electron chi connectivity index (χ3n) is 4.05. The highest BCUT2D eigenvalue weighted by atomic mass is 16.5. The van der Waals surface area contributed by atoms with Gasteiger partial charge in [0.05, 0.1) is 32.7 Å². The van der Waals surface area contributed by atoms with Crippen molar-refractivity contribution in [3.8, 4) is 5.75 Å². The van der Waals surface area contributed by atoms with E-state index in [2.05, 4.69) is 25.5 Å². The molecule has 2 aromatic rings. The number of rotatable bonds is 7. The summed E-state index contributed by atoms with van der Waals surface area (Å²) >= 11 is 0. The highest BCUT2D eigenvalue weighted by Crippen LogP contribution is 2.17. The zero-order valence-electron chi connectivity index (χ0n) is 14.8. The van der Waals surface area contributed by atoms with Gasteiger partial charge in [0.1, 0.15) is 17.3 Å². The monoisotopic (exact) mass is 357 g/mol. The van der Waals surface area contributed by atoms with Crippen LogP contribution in [0.15, 0.2) is 36.7 Å². The van der Waals surface area contributed by atoms with E-state index in [0.717, 1.165) is 39.4 Å². The summed E-state index contributed by atoms with van der Waals surface area (Å²) in [5, 5.41) is 6.00. The summed E-state index contributed by atoms with van der Waals surface area (Å²) in [6, 6.07) is 7.15. The van der Waals surface area contributed by atoms with Gasteiger partial charge in [-0.05, 0) is 12.1 Å². The van der Waals surface area contributed by atoms with Crippen LogP contribution >= 0.6 is 0 Å². The van der Waals surface area contributed by atoms with Crippen LogP contribution in [0, 0.1) is 0 Å². The van der Waals surface area contributed by atoms with Gasteiger partial charge in [-0.15, -0.1) is 0 Å². The predicted octanol–water partition coefficient (Wildman–Crippen LogP) is 1.48. The third kappa shape index (κ3) is 5.14. The topological polar surface area (TPSA) is 88.6 Å². The van der Waals surface area contributed by atoms with Crippen LogP contribution < -0.4 is 15.4 Å². The highest BCUT2D eigenvalue weighted by Gasteiger charge is 2.11. The summed E-state index contributed by atoms with van der Waals surface area (Å²) in [4.78, 5) is 23.0. The smallest absolute Gasteiger partial charge is 0.275 e. The molecule has 8 nitrogen and oxygen atoms in total. The van der Waals surface area contributed by atoms with E-state index in [0.29, 0.717) is 17.3 Å². The number of benzene rings is 1. The van der Waals surface area contributed by atoms with Gasteiger partial charge in [0.15, 0.2) is 0 Å². The number of methoxy groups -OCH3 is 1. The fourth-order valence-electron chi connectivity index (χ4n) is 2.60. The van der Waals surface area contributed by atoms with Crippen molar-refractivity contribution in [3.63, 3.8) is 0 Å². The molecule has 0 aliphatic carbocycles. The number of ether oxygens (including phenoxy) is 2. The molecule has 0 unspecified atom stereocenters. The Morgan fingerprint density at radius 1 is 1.27 bits per heavy atom. The molecular weight excluding hydrogens is 334 g/mol. The first-order valence-electron chi connectivity index (χ1n) is 8.56.